The van der Waals surface area contributed by atoms with Crippen molar-refractivity contribution in [3.63, 3.8) is 0 Å². The van der Waals surface area contributed by atoms with Crippen LogP contribution in [0.3, 0.4) is 0 Å². The third-order valence-electron chi connectivity index (χ3n) is 3.61. The van der Waals surface area contributed by atoms with E-state index in [0.717, 1.165) is 31.1 Å². The summed E-state index contributed by atoms with van der Waals surface area (Å²) in [5, 5.41) is 3.72. The first-order valence-corrected chi connectivity index (χ1v) is 7.92. The first kappa shape index (κ1) is 15.9. The third kappa shape index (κ3) is 3.24. The van der Waals surface area contributed by atoms with Gasteiger partial charge in [-0.15, -0.1) is 11.3 Å². The number of carbonyl (C=O) groups is 1. The van der Waals surface area contributed by atoms with Crippen molar-refractivity contribution in [2.45, 2.75) is 13.3 Å². The van der Waals surface area contributed by atoms with Crippen molar-refractivity contribution in [1.29, 1.82) is 0 Å². The van der Waals surface area contributed by atoms with Crippen LogP contribution in [0.15, 0.2) is 0 Å². The Balaban J connectivity index is 2.23. The average Bonchev–Trinajstić information content (AvgIpc) is 3.03. The Labute approximate surface area is 129 Å². The van der Waals surface area contributed by atoms with Gasteiger partial charge in [0, 0.05) is 32.7 Å². The van der Waals surface area contributed by atoms with E-state index in [4.69, 9.17) is 15.2 Å². The van der Waals surface area contributed by atoms with Gasteiger partial charge in [0.2, 0.25) is 0 Å². The first-order valence-electron chi connectivity index (χ1n) is 7.10. The summed E-state index contributed by atoms with van der Waals surface area (Å²) < 4.78 is 10.6. The lowest BCUT2D eigenvalue weighted by Crippen LogP contribution is -2.22. The van der Waals surface area contributed by atoms with Crippen molar-refractivity contribution < 1.29 is 14.3 Å². The van der Waals surface area contributed by atoms with Crippen molar-refractivity contribution in [2.24, 2.45) is 5.92 Å². The molecule has 1 fully saturated rings. The van der Waals surface area contributed by atoms with E-state index in [1.54, 1.807) is 14.2 Å². The Morgan fingerprint density at radius 3 is 2.90 bits per heavy atom. The predicted molar refractivity (Wildman–Crippen MR) is 85.5 cm³/mol. The number of thiophene rings is 1. The minimum atomic E-state index is -0.141. The molecule has 0 saturated carbocycles. The molecule has 3 N–H and O–H groups in total. The molecular weight excluding hydrogens is 290 g/mol. The summed E-state index contributed by atoms with van der Waals surface area (Å²) in [5.74, 6) is 0.979. The largest absolute Gasteiger partial charge is 0.492 e. The Morgan fingerprint density at radius 2 is 2.29 bits per heavy atom. The highest BCUT2D eigenvalue weighted by molar-refractivity contribution is 7.19. The molecule has 2 heterocycles. The number of anilines is 2. The normalized spacial score (nSPS) is 18.0. The van der Waals surface area contributed by atoms with Crippen molar-refractivity contribution in [3.8, 4) is 5.75 Å². The Morgan fingerprint density at radius 1 is 1.52 bits per heavy atom. The van der Waals surface area contributed by atoms with Gasteiger partial charge in [-0.05, 0) is 13.3 Å². The second-order valence-corrected chi connectivity index (χ2v) is 6.10. The quantitative estimate of drug-likeness (QED) is 0.833. The van der Waals surface area contributed by atoms with Crippen molar-refractivity contribution >= 4 is 27.9 Å². The summed E-state index contributed by atoms with van der Waals surface area (Å²) in [6, 6.07) is 0. The van der Waals surface area contributed by atoms with Gasteiger partial charge < -0.3 is 25.4 Å². The standard InChI is InChI=1S/C14H23N3O3S/c1-4-16-13(18)12-10(15)11(20-3)14(21-12)17-6-5-9(7-17)8-19-2/h9H,4-8,15H2,1-3H3,(H,16,18). The van der Waals surface area contributed by atoms with Crippen LogP contribution in [0.2, 0.25) is 0 Å². The monoisotopic (exact) mass is 313 g/mol. The molecule has 7 heteroatoms. The highest BCUT2D eigenvalue weighted by atomic mass is 32.1. The van der Waals surface area contributed by atoms with Crippen LogP contribution in [0.25, 0.3) is 0 Å². The van der Waals surface area contributed by atoms with Crippen LogP contribution >= 0.6 is 11.3 Å². The zero-order valence-corrected chi connectivity index (χ0v) is 13.6. The number of nitrogens with one attached hydrogen (secondary N) is 1. The van der Waals surface area contributed by atoms with Gasteiger partial charge in [-0.1, -0.05) is 0 Å². The van der Waals surface area contributed by atoms with Crippen molar-refractivity contribution in [2.75, 3.05) is 51.1 Å². The van der Waals surface area contributed by atoms with Gasteiger partial charge in [0.05, 0.1) is 13.7 Å². The molecule has 2 rings (SSSR count). The Hall–Kier alpha value is -1.47. The summed E-state index contributed by atoms with van der Waals surface area (Å²) in [5.41, 5.74) is 6.51. The maximum atomic E-state index is 12.1. The molecule has 1 unspecified atom stereocenters. The molecule has 6 nitrogen and oxygen atoms in total. The number of carbonyl (C=O) groups excluding carboxylic acids is 1. The first-order chi connectivity index (χ1) is 10.1. The van der Waals surface area contributed by atoms with Crippen LogP contribution in [0, 0.1) is 5.92 Å². The number of ether oxygens (including phenoxy) is 2. The number of amides is 1. The molecule has 1 aromatic heterocycles. The van der Waals surface area contributed by atoms with E-state index in [0.29, 0.717) is 28.8 Å². The van der Waals surface area contributed by atoms with E-state index in [2.05, 4.69) is 10.2 Å². The molecule has 1 aliphatic rings. The topological polar surface area (TPSA) is 76.8 Å². The lowest BCUT2D eigenvalue weighted by Gasteiger charge is -2.17. The fourth-order valence-electron chi connectivity index (χ4n) is 2.62. The molecule has 21 heavy (non-hydrogen) atoms. The highest BCUT2D eigenvalue weighted by Crippen LogP contribution is 2.46. The molecule has 1 atom stereocenters. The van der Waals surface area contributed by atoms with E-state index in [9.17, 15) is 4.79 Å². The second kappa shape index (κ2) is 7.00. The summed E-state index contributed by atoms with van der Waals surface area (Å²) in [6.07, 6.45) is 1.07. The van der Waals surface area contributed by atoms with Gasteiger partial charge >= 0.3 is 0 Å². The van der Waals surface area contributed by atoms with Gasteiger partial charge in [-0.25, -0.2) is 0 Å². The molecule has 1 aromatic rings. The summed E-state index contributed by atoms with van der Waals surface area (Å²) in [7, 11) is 3.31. The van der Waals surface area contributed by atoms with Crippen LogP contribution in [-0.2, 0) is 4.74 Å². The molecule has 1 saturated heterocycles. The van der Waals surface area contributed by atoms with Gasteiger partial charge in [0.25, 0.3) is 5.91 Å². The summed E-state index contributed by atoms with van der Waals surface area (Å²) >= 11 is 1.40. The number of nitrogens with two attached hydrogens (primary N) is 1. The van der Waals surface area contributed by atoms with Crippen LogP contribution in [0.4, 0.5) is 10.7 Å². The fourth-order valence-corrected chi connectivity index (χ4v) is 3.76. The SMILES string of the molecule is CCNC(=O)c1sc(N2CCC(COC)C2)c(OC)c1N. The molecule has 1 aliphatic heterocycles. The van der Waals surface area contributed by atoms with Gasteiger partial charge in [0.15, 0.2) is 5.75 Å². The van der Waals surface area contributed by atoms with Gasteiger partial charge in [-0.2, -0.15) is 0 Å². The number of hydrogen-bond acceptors (Lipinski definition) is 6. The maximum absolute atomic E-state index is 12.1. The lowest BCUT2D eigenvalue weighted by molar-refractivity contribution is 0.0960. The second-order valence-electron chi connectivity index (χ2n) is 5.10. The van der Waals surface area contributed by atoms with Crippen LogP contribution in [0.1, 0.15) is 23.0 Å². The smallest absolute Gasteiger partial charge is 0.263 e. The molecule has 1 amide bonds. The number of methoxy groups -OCH3 is 2. The van der Waals surface area contributed by atoms with E-state index >= 15 is 0 Å². The van der Waals surface area contributed by atoms with Crippen molar-refractivity contribution in [3.05, 3.63) is 4.88 Å². The Bertz CT molecular complexity index is 504. The minimum Gasteiger partial charge on any atom is -0.492 e. The number of rotatable bonds is 6. The molecular formula is C14H23N3O3S. The number of nitrogens with zero attached hydrogens (tertiary/aromatic N) is 1. The zero-order chi connectivity index (χ0) is 15.4. The zero-order valence-electron chi connectivity index (χ0n) is 12.8. The molecule has 0 aromatic carbocycles. The molecule has 0 bridgehead atoms. The van der Waals surface area contributed by atoms with E-state index in [1.807, 2.05) is 6.92 Å². The van der Waals surface area contributed by atoms with Crippen LogP contribution in [-0.4, -0.2) is 46.4 Å². The third-order valence-corrected chi connectivity index (χ3v) is 4.85. The minimum absolute atomic E-state index is 0.141. The molecule has 0 aliphatic carbocycles. The number of nitrogen functional groups attached to an aromatic ring is 1. The molecule has 0 radical (unpaired) electrons. The predicted octanol–water partition coefficient (Wildman–Crippen LogP) is 1.56. The van der Waals surface area contributed by atoms with Gasteiger partial charge in [-0.3, -0.25) is 4.79 Å². The Kier molecular flexibility index (Phi) is 5.30. The maximum Gasteiger partial charge on any atom is 0.263 e. The average molecular weight is 313 g/mol. The molecule has 118 valence electrons. The fraction of sp³-hybridized carbons (Fsp3) is 0.643. The van der Waals surface area contributed by atoms with E-state index in [1.165, 1.54) is 11.3 Å². The summed E-state index contributed by atoms with van der Waals surface area (Å²) in [6.45, 7) is 5.05. The van der Waals surface area contributed by atoms with Crippen LogP contribution < -0.4 is 20.7 Å². The molecule has 0 spiro atoms. The van der Waals surface area contributed by atoms with Crippen molar-refractivity contribution in [1.82, 2.24) is 5.32 Å². The summed E-state index contributed by atoms with van der Waals surface area (Å²) in [4.78, 5) is 14.8. The van der Waals surface area contributed by atoms with Crippen LogP contribution in [0.5, 0.6) is 5.75 Å². The number of hydrogen-bond donors (Lipinski definition) is 2. The van der Waals surface area contributed by atoms with E-state index in [-0.39, 0.29) is 5.91 Å². The lowest BCUT2D eigenvalue weighted by atomic mass is 10.1. The van der Waals surface area contributed by atoms with Gasteiger partial charge in [0.1, 0.15) is 15.6 Å². The van der Waals surface area contributed by atoms with E-state index < -0.39 is 0 Å². The highest BCUT2D eigenvalue weighted by Gasteiger charge is 2.29.